The second-order valence-corrected chi connectivity index (χ2v) is 5.05. The number of amides is 1. The van der Waals surface area contributed by atoms with Crippen LogP contribution in [0.4, 0.5) is 17.1 Å². The van der Waals surface area contributed by atoms with Gasteiger partial charge < -0.3 is 15.4 Å². The predicted molar refractivity (Wildman–Crippen MR) is 92.6 cm³/mol. The van der Waals surface area contributed by atoms with Crippen LogP contribution in [0.15, 0.2) is 42.5 Å². The van der Waals surface area contributed by atoms with Crippen LogP contribution >= 0.6 is 0 Å². The van der Waals surface area contributed by atoms with Crippen LogP contribution in [0.3, 0.4) is 0 Å². The van der Waals surface area contributed by atoms with Gasteiger partial charge in [-0.25, -0.2) is 0 Å². The predicted octanol–water partition coefficient (Wildman–Crippen LogP) is 2.78. The van der Waals surface area contributed by atoms with Crippen molar-refractivity contribution < 1.29 is 14.5 Å². The van der Waals surface area contributed by atoms with Crippen LogP contribution in [0.2, 0.25) is 0 Å². The molecule has 0 fully saturated rings. The van der Waals surface area contributed by atoms with Gasteiger partial charge in [0.05, 0.1) is 23.2 Å². The minimum absolute atomic E-state index is 0.161. The molecule has 0 aliphatic heterocycles. The highest BCUT2D eigenvalue weighted by molar-refractivity contribution is 6.05. The molecule has 0 radical (unpaired) electrons. The number of nitro benzene ring substituents is 1. The number of benzene rings is 2. The maximum Gasteiger partial charge on any atom is 0.293 e. The smallest absolute Gasteiger partial charge is 0.293 e. The van der Waals surface area contributed by atoms with Crippen molar-refractivity contribution in [1.82, 2.24) is 0 Å². The van der Waals surface area contributed by atoms with Crippen LogP contribution in [0.1, 0.15) is 15.9 Å². The lowest BCUT2D eigenvalue weighted by Crippen LogP contribution is -2.13. The quantitative estimate of drug-likeness (QED) is 0.455. The van der Waals surface area contributed by atoms with Crippen molar-refractivity contribution in [3.63, 3.8) is 0 Å². The van der Waals surface area contributed by atoms with Crippen LogP contribution in [0, 0.1) is 21.4 Å². The Bertz CT molecular complexity index is 812. The summed E-state index contributed by atoms with van der Waals surface area (Å²) >= 11 is 0. The Hall–Kier alpha value is -3.44. The van der Waals surface area contributed by atoms with E-state index in [1.807, 2.05) is 6.07 Å². The molecular formula is C17H16N4O4. The van der Waals surface area contributed by atoms with Gasteiger partial charge in [-0.1, -0.05) is 0 Å². The summed E-state index contributed by atoms with van der Waals surface area (Å²) in [7, 11) is 1.53. The monoisotopic (exact) mass is 340 g/mol. The van der Waals surface area contributed by atoms with Gasteiger partial charge in [0.25, 0.3) is 11.6 Å². The molecule has 8 nitrogen and oxygen atoms in total. The average Bonchev–Trinajstić information content (AvgIpc) is 2.62. The van der Waals surface area contributed by atoms with E-state index in [4.69, 9.17) is 10.00 Å². The molecule has 2 rings (SSSR count). The molecule has 0 saturated heterocycles. The summed E-state index contributed by atoms with van der Waals surface area (Å²) in [6.45, 7) is 0.812. The number of methoxy groups -OCH3 is 1. The summed E-state index contributed by atoms with van der Waals surface area (Å²) in [6, 6.07) is 12.5. The Kier molecular flexibility index (Phi) is 6.03. The molecule has 25 heavy (non-hydrogen) atoms. The molecule has 0 aromatic heterocycles. The Morgan fingerprint density at radius 2 is 2.00 bits per heavy atom. The highest BCUT2D eigenvalue weighted by Gasteiger charge is 2.17. The maximum atomic E-state index is 12.3. The Labute approximate surface area is 144 Å². The molecule has 0 spiro atoms. The fourth-order valence-electron chi connectivity index (χ4n) is 2.09. The third-order valence-electron chi connectivity index (χ3n) is 3.35. The fourth-order valence-corrected chi connectivity index (χ4v) is 2.09. The molecule has 1 amide bonds. The molecule has 2 aromatic carbocycles. The molecule has 0 saturated carbocycles. The van der Waals surface area contributed by atoms with E-state index in [2.05, 4.69) is 10.6 Å². The van der Waals surface area contributed by atoms with E-state index < -0.39 is 10.8 Å². The number of hydrogen-bond acceptors (Lipinski definition) is 6. The fraction of sp³-hybridized carbons (Fsp3) is 0.176. The first-order valence-corrected chi connectivity index (χ1v) is 7.38. The van der Waals surface area contributed by atoms with Gasteiger partial charge in [0.15, 0.2) is 0 Å². The zero-order valence-electron chi connectivity index (χ0n) is 13.5. The van der Waals surface area contributed by atoms with Gasteiger partial charge in [-0.05, 0) is 36.4 Å². The minimum atomic E-state index is -0.548. The van der Waals surface area contributed by atoms with E-state index in [1.54, 1.807) is 24.3 Å². The first-order chi connectivity index (χ1) is 12.0. The minimum Gasteiger partial charge on any atom is -0.383 e. The van der Waals surface area contributed by atoms with Crippen LogP contribution < -0.4 is 10.6 Å². The van der Waals surface area contributed by atoms with Gasteiger partial charge in [0.2, 0.25) is 0 Å². The summed E-state index contributed by atoms with van der Waals surface area (Å²) in [5.41, 5.74) is 1.25. The maximum absolute atomic E-state index is 12.3. The van der Waals surface area contributed by atoms with Crippen molar-refractivity contribution in [2.24, 2.45) is 0 Å². The topological polar surface area (TPSA) is 117 Å². The van der Waals surface area contributed by atoms with Crippen LogP contribution in [0.5, 0.6) is 0 Å². The molecule has 2 aromatic rings. The number of rotatable bonds is 7. The molecule has 0 atom stereocenters. The molecular weight excluding hydrogens is 324 g/mol. The number of hydrogen-bond donors (Lipinski definition) is 2. The molecule has 8 heteroatoms. The zero-order chi connectivity index (χ0) is 18.2. The van der Waals surface area contributed by atoms with Crippen molar-refractivity contribution >= 4 is 23.0 Å². The second-order valence-electron chi connectivity index (χ2n) is 5.05. The summed E-state index contributed by atoms with van der Waals surface area (Å²) < 4.78 is 4.89. The summed E-state index contributed by atoms with van der Waals surface area (Å²) in [6.07, 6.45) is 0. The number of carbonyl (C=O) groups excluding carboxylic acids is 1. The molecule has 0 unspecified atom stereocenters. The van der Waals surface area contributed by atoms with Crippen molar-refractivity contribution in [2.75, 3.05) is 30.9 Å². The molecule has 2 N–H and O–H groups in total. The lowest BCUT2D eigenvalue weighted by molar-refractivity contribution is -0.384. The highest BCUT2D eigenvalue weighted by Crippen LogP contribution is 2.26. The van der Waals surface area contributed by atoms with E-state index >= 15 is 0 Å². The highest BCUT2D eigenvalue weighted by atomic mass is 16.6. The van der Waals surface area contributed by atoms with Crippen LogP contribution in [-0.2, 0) is 4.74 Å². The van der Waals surface area contributed by atoms with Crippen molar-refractivity contribution in [3.05, 3.63) is 63.7 Å². The van der Waals surface area contributed by atoms with E-state index in [-0.39, 0.29) is 11.3 Å². The van der Waals surface area contributed by atoms with E-state index in [9.17, 15) is 14.9 Å². The second kappa shape index (κ2) is 8.42. The number of nitrogens with zero attached hydrogens (tertiary/aromatic N) is 2. The normalized spacial score (nSPS) is 9.92. The SMILES string of the molecule is COCCNc1ccc(C(=O)Nc2ccc(C#N)cc2)cc1[N+](=O)[O-]. The van der Waals surface area contributed by atoms with Crippen molar-refractivity contribution in [1.29, 1.82) is 5.26 Å². The largest absolute Gasteiger partial charge is 0.383 e. The van der Waals surface area contributed by atoms with Gasteiger partial charge in [-0.15, -0.1) is 0 Å². The first-order valence-electron chi connectivity index (χ1n) is 7.38. The summed E-state index contributed by atoms with van der Waals surface area (Å²) in [5, 5.41) is 25.5. The number of nitro groups is 1. The molecule has 0 aliphatic rings. The lowest BCUT2D eigenvalue weighted by Gasteiger charge is -2.09. The van der Waals surface area contributed by atoms with E-state index in [0.29, 0.717) is 30.1 Å². The van der Waals surface area contributed by atoms with Gasteiger partial charge in [-0.3, -0.25) is 14.9 Å². The molecule has 128 valence electrons. The third kappa shape index (κ3) is 4.76. The number of ether oxygens (including phenoxy) is 1. The van der Waals surface area contributed by atoms with Gasteiger partial charge in [0.1, 0.15) is 5.69 Å². The third-order valence-corrected chi connectivity index (χ3v) is 3.35. The summed E-state index contributed by atoms with van der Waals surface area (Å²) in [4.78, 5) is 23.0. The number of nitriles is 1. The molecule has 0 aliphatic carbocycles. The molecule has 0 bridgehead atoms. The molecule has 0 heterocycles. The number of nitrogens with one attached hydrogen (secondary N) is 2. The standard InChI is InChI=1S/C17H16N4O4/c1-25-9-8-19-15-7-4-13(10-16(15)21(23)24)17(22)20-14-5-2-12(11-18)3-6-14/h2-7,10,19H,8-9H2,1H3,(H,20,22). The Morgan fingerprint density at radius 1 is 1.28 bits per heavy atom. The van der Waals surface area contributed by atoms with Crippen molar-refractivity contribution in [3.8, 4) is 6.07 Å². The van der Waals surface area contributed by atoms with E-state index in [0.717, 1.165) is 0 Å². The first kappa shape index (κ1) is 17.9. The van der Waals surface area contributed by atoms with Crippen molar-refractivity contribution in [2.45, 2.75) is 0 Å². The lowest BCUT2D eigenvalue weighted by atomic mass is 10.1. The van der Waals surface area contributed by atoms with Crippen LogP contribution in [-0.4, -0.2) is 31.1 Å². The number of anilines is 2. The van der Waals surface area contributed by atoms with Gasteiger partial charge in [0, 0.05) is 31.0 Å². The van der Waals surface area contributed by atoms with E-state index in [1.165, 1.54) is 25.3 Å². The van der Waals surface area contributed by atoms with Gasteiger partial charge in [-0.2, -0.15) is 5.26 Å². The Balaban J connectivity index is 2.17. The summed E-state index contributed by atoms with van der Waals surface area (Å²) in [5.74, 6) is -0.476. The van der Waals surface area contributed by atoms with Crippen LogP contribution in [0.25, 0.3) is 0 Å². The van der Waals surface area contributed by atoms with Gasteiger partial charge >= 0.3 is 0 Å². The average molecular weight is 340 g/mol. The Morgan fingerprint density at radius 3 is 2.60 bits per heavy atom. The number of carbonyl (C=O) groups is 1. The zero-order valence-corrected chi connectivity index (χ0v) is 13.5.